The molecule has 1 heterocycles. The number of para-hydroxylation sites is 1. The van der Waals surface area contributed by atoms with Crippen molar-refractivity contribution in [1.82, 2.24) is 0 Å². The Morgan fingerprint density at radius 2 is 1.45 bits per heavy atom. The fourth-order valence-electron chi connectivity index (χ4n) is 3.11. The van der Waals surface area contributed by atoms with E-state index in [1.165, 1.54) is 32.3 Å². The number of hydrogen-bond donors (Lipinski definition) is 1. The van der Waals surface area contributed by atoms with E-state index in [0.29, 0.717) is 0 Å². The highest BCUT2D eigenvalue weighted by Crippen LogP contribution is 2.50. The zero-order valence-corrected chi connectivity index (χ0v) is 15.2. The molecule has 22 heavy (non-hydrogen) atoms. The van der Waals surface area contributed by atoms with Crippen LogP contribution >= 0.6 is 11.8 Å². The molecule has 0 spiro atoms. The van der Waals surface area contributed by atoms with E-state index in [1.807, 2.05) is 11.8 Å². The van der Waals surface area contributed by atoms with Gasteiger partial charge in [-0.15, -0.1) is 0 Å². The minimum absolute atomic E-state index is 0.105. The molecule has 0 saturated heterocycles. The molecule has 0 aliphatic carbocycles. The van der Waals surface area contributed by atoms with Crippen molar-refractivity contribution in [2.45, 2.75) is 62.2 Å². The van der Waals surface area contributed by atoms with Gasteiger partial charge in [-0.25, -0.2) is 0 Å². The summed E-state index contributed by atoms with van der Waals surface area (Å²) in [6.07, 6.45) is 0. The predicted molar refractivity (Wildman–Crippen MR) is 97.7 cm³/mol. The van der Waals surface area contributed by atoms with Crippen LogP contribution in [-0.2, 0) is 10.8 Å². The van der Waals surface area contributed by atoms with Crippen LogP contribution in [0.25, 0.3) is 0 Å². The zero-order valence-electron chi connectivity index (χ0n) is 14.4. The van der Waals surface area contributed by atoms with Gasteiger partial charge >= 0.3 is 0 Å². The molecule has 0 atom stereocenters. The van der Waals surface area contributed by atoms with Gasteiger partial charge in [-0.1, -0.05) is 71.5 Å². The van der Waals surface area contributed by atoms with Gasteiger partial charge in [0.25, 0.3) is 0 Å². The number of rotatable bonds is 0. The van der Waals surface area contributed by atoms with Crippen molar-refractivity contribution < 1.29 is 0 Å². The lowest BCUT2D eigenvalue weighted by atomic mass is 9.74. The minimum Gasteiger partial charge on any atom is -0.353 e. The first kappa shape index (κ1) is 15.5. The Balaban J connectivity index is 2.24. The van der Waals surface area contributed by atoms with Crippen LogP contribution in [0.5, 0.6) is 0 Å². The summed E-state index contributed by atoms with van der Waals surface area (Å²) >= 11 is 1.87. The molecule has 1 aliphatic heterocycles. The van der Waals surface area contributed by atoms with Gasteiger partial charge in [0, 0.05) is 9.79 Å². The molecule has 116 valence electrons. The van der Waals surface area contributed by atoms with Crippen LogP contribution in [-0.4, -0.2) is 0 Å². The van der Waals surface area contributed by atoms with Crippen molar-refractivity contribution >= 4 is 23.1 Å². The summed E-state index contributed by atoms with van der Waals surface area (Å²) in [6.45, 7) is 13.8. The zero-order chi connectivity index (χ0) is 16.1. The van der Waals surface area contributed by atoms with E-state index in [4.69, 9.17) is 0 Å². The van der Waals surface area contributed by atoms with Crippen LogP contribution in [0.3, 0.4) is 0 Å². The molecule has 0 bridgehead atoms. The first-order chi connectivity index (χ1) is 10.2. The summed E-state index contributed by atoms with van der Waals surface area (Å²) in [7, 11) is 0. The third-order valence-electron chi connectivity index (χ3n) is 4.09. The van der Waals surface area contributed by atoms with E-state index in [-0.39, 0.29) is 10.8 Å². The van der Waals surface area contributed by atoms with Crippen LogP contribution in [0.1, 0.15) is 52.7 Å². The molecule has 2 aromatic rings. The quantitative estimate of drug-likeness (QED) is 0.509. The Labute approximate surface area is 138 Å². The van der Waals surface area contributed by atoms with E-state index in [0.717, 1.165) is 0 Å². The van der Waals surface area contributed by atoms with Gasteiger partial charge in [0.1, 0.15) is 0 Å². The lowest BCUT2D eigenvalue weighted by Crippen LogP contribution is -2.24. The van der Waals surface area contributed by atoms with Crippen LogP contribution < -0.4 is 5.32 Å². The summed E-state index contributed by atoms with van der Waals surface area (Å²) < 4.78 is 0. The van der Waals surface area contributed by atoms with E-state index in [1.54, 1.807) is 0 Å². The third kappa shape index (κ3) is 2.65. The van der Waals surface area contributed by atoms with Crippen molar-refractivity contribution in [1.29, 1.82) is 0 Å². The molecule has 1 N–H and O–H groups in total. The number of nitrogens with one attached hydrogen (secondary N) is 1. The van der Waals surface area contributed by atoms with Crippen LogP contribution in [0.15, 0.2) is 46.2 Å². The van der Waals surface area contributed by atoms with Gasteiger partial charge in [-0.05, 0) is 40.2 Å². The Morgan fingerprint density at radius 1 is 0.773 bits per heavy atom. The number of fused-ring (bicyclic) bond motifs is 2. The van der Waals surface area contributed by atoms with Gasteiger partial charge in [-0.3, -0.25) is 0 Å². The fraction of sp³-hybridized carbons (Fsp3) is 0.400. The molecule has 1 aliphatic rings. The predicted octanol–water partition coefficient (Wildman–Crippen LogP) is 6.49. The molecule has 0 radical (unpaired) electrons. The Morgan fingerprint density at radius 3 is 2.09 bits per heavy atom. The van der Waals surface area contributed by atoms with Crippen molar-refractivity contribution in [2.75, 3.05) is 5.32 Å². The summed E-state index contributed by atoms with van der Waals surface area (Å²) in [4.78, 5) is 2.63. The van der Waals surface area contributed by atoms with E-state index < -0.39 is 0 Å². The molecular formula is C20H25NS. The fourth-order valence-corrected chi connectivity index (χ4v) is 4.11. The second-order valence-electron chi connectivity index (χ2n) is 8.08. The molecule has 0 fully saturated rings. The molecule has 2 heteroatoms. The summed E-state index contributed by atoms with van der Waals surface area (Å²) in [6, 6.07) is 13.2. The number of hydrogen-bond acceptors (Lipinski definition) is 2. The van der Waals surface area contributed by atoms with Crippen LogP contribution in [0.4, 0.5) is 11.4 Å². The highest BCUT2D eigenvalue weighted by atomic mass is 32.2. The lowest BCUT2D eigenvalue weighted by molar-refractivity contribution is 0.530. The average molecular weight is 311 g/mol. The van der Waals surface area contributed by atoms with Gasteiger partial charge in [0.05, 0.1) is 11.4 Å². The van der Waals surface area contributed by atoms with Crippen LogP contribution in [0, 0.1) is 0 Å². The SMILES string of the molecule is CC(C)(C)c1ccc2c(c1C(C)(C)C)Nc1ccccc1S2. The van der Waals surface area contributed by atoms with Gasteiger partial charge < -0.3 is 5.32 Å². The number of benzene rings is 2. The second kappa shape index (κ2) is 5.06. The van der Waals surface area contributed by atoms with Crippen molar-refractivity contribution in [3.63, 3.8) is 0 Å². The molecule has 0 saturated carbocycles. The van der Waals surface area contributed by atoms with Gasteiger partial charge in [0.15, 0.2) is 0 Å². The normalized spacial score (nSPS) is 14.1. The van der Waals surface area contributed by atoms with E-state index in [2.05, 4.69) is 83.3 Å². The van der Waals surface area contributed by atoms with Crippen molar-refractivity contribution in [3.05, 3.63) is 47.5 Å². The molecule has 0 aromatic heterocycles. The Bertz CT molecular complexity index is 717. The van der Waals surface area contributed by atoms with Gasteiger partial charge in [-0.2, -0.15) is 0 Å². The highest BCUT2D eigenvalue weighted by molar-refractivity contribution is 7.99. The minimum atomic E-state index is 0.105. The van der Waals surface area contributed by atoms with E-state index in [9.17, 15) is 0 Å². The molecule has 3 rings (SSSR count). The monoisotopic (exact) mass is 311 g/mol. The maximum absolute atomic E-state index is 3.71. The first-order valence-electron chi connectivity index (χ1n) is 7.90. The number of anilines is 2. The van der Waals surface area contributed by atoms with Crippen molar-refractivity contribution in [2.24, 2.45) is 0 Å². The van der Waals surface area contributed by atoms with Crippen LogP contribution in [0.2, 0.25) is 0 Å². The standard InChI is InChI=1S/C20H25NS/c1-19(2,3)13-11-12-16-18(17(13)20(4,5)6)21-14-9-7-8-10-15(14)22-16/h7-12,21H,1-6H3. The molecule has 0 amide bonds. The lowest BCUT2D eigenvalue weighted by Gasteiger charge is -2.35. The summed E-state index contributed by atoms with van der Waals surface area (Å²) in [5.41, 5.74) is 5.64. The molecule has 2 aromatic carbocycles. The maximum Gasteiger partial charge on any atom is 0.0567 e. The topological polar surface area (TPSA) is 12.0 Å². The average Bonchev–Trinajstić information content (AvgIpc) is 2.41. The smallest absolute Gasteiger partial charge is 0.0567 e. The maximum atomic E-state index is 3.71. The Hall–Kier alpha value is -1.41. The second-order valence-corrected chi connectivity index (χ2v) is 9.17. The van der Waals surface area contributed by atoms with E-state index >= 15 is 0 Å². The Kier molecular flexibility index (Phi) is 3.56. The first-order valence-corrected chi connectivity index (χ1v) is 8.71. The summed E-state index contributed by atoms with van der Waals surface area (Å²) in [5.74, 6) is 0. The summed E-state index contributed by atoms with van der Waals surface area (Å²) in [5, 5.41) is 3.71. The van der Waals surface area contributed by atoms with Gasteiger partial charge in [0.2, 0.25) is 0 Å². The molecule has 1 nitrogen and oxygen atoms in total. The molecule has 0 unspecified atom stereocenters. The largest absolute Gasteiger partial charge is 0.353 e. The highest BCUT2D eigenvalue weighted by Gasteiger charge is 2.31. The van der Waals surface area contributed by atoms with Crippen molar-refractivity contribution in [3.8, 4) is 0 Å². The third-order valence-corrected chi connectivity index (χ3v) is 5.23. The molecular weight excluding hydrogens is 286 g/mol.